The number of rotatable bonds is 1. The van der Waals surface area contributed by atoms with Crippen molar-refractivity contribution in [2.75, 3.05) is 18.1 Å². The summed E-state index contributed by atoms with van der Waals surface area (Å²) in [4.78, 5) is 3.84. The van der Waals surface area contributed by atoms with Crippen molar-refractivity contribution in [3.8, 4) is 0 Å². The maximum absolute atomic E-state index is 12.5. The van der Waals surface area contributed by atoms with E-state index in [1.54, 1.807) is 11.8 Å². The summed E-state index contributed by atoms with van der Waals surface area (Å²) in [6, 6.07) is -0.214. The van der Waals surface area contributed by atoms with Crippen LogP contribution in [-0.4, -0.2) is 23.0 Å². The summed E-state index contributed by atoms with van der Waals surface area (Å²) >= 11 is 1.68. The molecule has 90 valence electrons. The van der Waals surface area contributed by atoms with Crippen LogP contribution < -0.4 is 5.32 Å². The van der Waals surface area contributed by atoms with E-state index >= 15 is 0 Å². The van der Waals surface area contributed by atoms with Gasteiger partial charge in [0.05, 0.1) is 11.7 Å². The number of nitrogens with one attached hydrogen (secondary N) is 1. The molecule has 0 radical (unpaired) electrons. The molecule has 2 heterocycles. The third-order valence-electron chi connectivity index (χ3n) is 2.29. The Hall–Kier alpha value is -0.690. The highest BCUT2D eigenvalue weighted by molar-refractivity contribution is 7.99. The predicted octanol–water partition coefficient (Wildman–Crippen LogP) is 2.38. The number of halogens is 3. The van der Waals surface area contributed by atoms with E-state index in [2.05, 4.69) is 10.3 Å². The van der Waals surface area contributed by atoms with Crippen molar-refractivity contribution in [1.29, 1.82) is 0 Å². The zero-order valence-electron chi connectivity index (χ0n) is 8.60. The zero-order chi connectivity index (χ0) is 11.8. The maximum Gasteiger partial charge on any atom is 0.451 e. The van der Waals surface area contributed by atoms with E-state index < -0.39 is 11.9 Å². The van der Waals surface area contributed by atoms with Crippen LogP contribution in [0.4, 0.5) is 13.2 Å². The Kier molecular flexibility index (Phi) is 3.16. The van der Waals surface area contributed by atoms with E-state index in [4.69, 9.17) is 4.42 Å². The fourth-order valence-corrected chi connectivity index (χ4v) is 2.48. The molecule has 16 heavy (non-hydrogen) atoms. The van der Waals surface area contributed by atoms with Crippen molar-refractivity contribution in [3.63, 3.8) is 0 Å². The molecule has 2 rings (SSSR count). The van der Waals surface area contributed by atoms with E-state index in [0.717, 1.165) is 12.3 Å². The smallest absolute Gasteiger partial charge is 0.434 e. The molecule has 0 aliphatic carbocycles. The average Bonchev–Trinajstić information content (AvgIpc) is 2.61. The van der Waals surface area contributed by atoms with Gasteiger partial charge in [0.2, 0.25) is 11.7 Å². The van der Waals surface area contributed by atoms with Crippen molar-refractivity contribution in [2.24, 2.45) is 0 Å². The predicted molar refractivity (Wildman–Crippen MR) is 54.3 cm³/mol. The first-order valence-corrected chi connectivity index (χ1v) is 5.99. The van der Waals surface area contributed by atoms with Gasteiger partial charge < -0.3 is 9.73 Å². The molecule has 1 atom stereocenters. The minimum atomic E-state index is -4.46. The molecule has 1 fully saturated rings. The maximum atomic E-state index is 12.5. The lowest BCUT2D eigenvalue weighted by atomic mass is 10.3. The zero-order valence-corrected chi connectivity index (χ0v) is 9.41. The number of hydrogen-bond acceptors (Lipinski definition) is 4. The molecule has 1 saturated heterocycles. The first-order valence-electron chi connectivity index (χ1n) is 4.84. The fourth-order valence-electron chi connectivity index (χ4n) is 1.55. The first kappa shape index (κ1) is 11.8. The second kappa shape index (κ2) is 4.29. The van der Waals surface area contributed by atoms with Gasteiger partial charge in [0, 0.05) is 18.1 Å². The standard InChI is InChI=1S/C9H11F3N2OS/c1-5-7(9(10,11)12)15-8(14-5)6-4-16-3-2-13-6/h6,13H,2-4H2,1H3. The van der Waals surface area contributed by atoms with Crippen LogP contribution >= 0.6 is 11.8 Å². The molecule has 7 heteroatoms. The summed E-state index contributed by atoms with van der Waals surface area (Å²) in [6.45, 7) is 2.07. The van der Waals surface area contributed by atoms with Crippen molar-refractivity contribution < 1.29 is 17.6 Å². The summed E-state index contributed by atoms with van der Waals surface area (Å²) < 4.78 is 42.2. The number of nitrogens with zero attached hydrogens (tertiary/aromatic N) is 1. The van der Waals surface area contributed by atoms with Gasteiger partial charge in [-0.2, -0.15) is 24.9 Å². The summed E-state index contributed by atoms with van der Waals surface area (Å²) in [7, 11) is 0. The first-order chi connectivity index (χ1) is 7.48. The number of aryl methyl sites for hydroxylation is 1. The van der Waals surface area contributed by atoms with E-state index in [1.165, 1.54) is 6.92 Å². The van der Waals surface area contributed by atoms with Crippen molar-refractivity contribution >= 4 is 11.8 Å². The van der Waals surface area contributed by atoms with Gasteiger partial charge >= 0.3 is 6.18 Å². The lowest BCUT2D eigenvalue weighted by molar-refractivity contribution is -0.154. The van der Waals surface area contributed by atoms with Gasteiger partial charge in [0.1, 0.15) is 0 Å². The normalized spacial score (nSPS) is 22.4. The summed E-state index contributed by atoms with van der Waals surface area (Å²) in [5.41, 5.74) is -0.0973. The van der Waals surface area contributed by atoms with Gasteiger partial charge in [-0.3, -0.25) is 0 Å². The largest absolute Gasteiger partial charge is 0.451 e. The molecule has 0 saturated carbocycles. The van der Waals surface area contributed by atoms with Crippen molar-refractivity contribution in [1.82, 2.24) is 10.3 Å². The highest BCUT2D eigenvalue weighted by atomic mass is 32.2. The molecule has 1 aromatic rings. The monoisotopic (exact) mass is 252 g/mol. The van der Waals surface area contributed by atoms with Crippen LogP contribution in [0.2, 0.25) is 0 Å². The van der Waals surface area contributed by atoms with Crippen LogP contribution in [-0.2, 0) is 6.18 Å². The molecule has 0 spiro atoms. The van der Waals surface area contributed by atoms with Gasteiger partial charge in [0.25, 0.3) is 0 Å². The Morgan fingerprint density at radius 3 is 2.75 bits per heavy atom. The molecule has 0 aromatic carbocycles. The van der Waals surface area contributed by atoms with Crippen LogP contribution in [0.25, 0.3) is 0 Å². The molecule has 0 amide bonds. The number of thioether (sulfide) groups is 1. The number of oxazole rings is 1. The summed E-state index contributed by atoms with van der Waals surface area (Å²) in [6.07, 6.45) is -4.46. The van der Waals surface area contributed by atoms with Gasteiger partial charge in [-0.25, -0.2) is 4.98 Å². The summed E-state index contributed by atoms with van der Waals surface area (Å²) in [5, 5.41) is 3.08. The van der Waals surface area contributed by atoms with E-state index in [0.29, 0.717) is 5.75 Å². The minimum Gasteiger partial charge on any atom is -0.434 e. The molecule has 1 unspecified atom stereocenters. The molecule has 1 N–H and O–H groups in total. The Morgan fingerprint density at radius 2 is 2.25 bits per heavy atom. The number of hydrogen-bond donors (Lipinski definition) is 1. The molecular formula is C9H11F3N2OS. The molecule has 1 aliphatic rings. The summed E-state index contributed by atoms with van der Waals surface area (Å²) in [5.74, 6) is 0.802. The second-order valence-corrected chi connectivity index (χ2v) is 4.70. The van der Waals surface area contributed by atoms with Crippen LogP contribution in [0, 0.1) is 6.92 Å². The van der Waals surface area contributed by atoms with E-state index in [1.807, 2.05) is 0 Å². The van der Waals surface area contributed by atoms with E-state index in [9.17, 15) is 13.2 Å². The molecule has 3 nitrogen and oxygen atoms in total. The van der Waals surface area contributed by atoms with Gasteiger partial charge in [-0.1, -0.05) is 0 Å². The highest BCUT2D eigenvalue weighted by Gasteiger charge is 2.39. The minimum absolute atomic E-state index is 0.0973. The SMILES string of the molecule is Cc1nc(C2CSCCN2)oc1C(F)(F)F. The number of aromatic nitrogens is 1. The van der Waals surface area contributed by atoms with Crippen LogP contribution in [0.5, 0.6) is 0 Å². The van der Waals surface area contributed by atoms with Crippen LogP contribution in [0.1, 0.15) is 23.4 Å². The Morgan fingerprint density at radius 1 is 1.50 bits per heavy atom. The molecular weight excluding hydrogens is 241 g/mol. The van der Waals surface area contributed by atoms with Crippen LogP contribution in [0.3, 0.4) is 0 Å². The van der Waals surface area contributed by atoms with Gasteiger partial charge in [-0.05, 0) is 6.92 Å². The Bertz CT molecular complexity index is 371. The third kappa shape index (κ3) is 2.35. The quantitative estimate of drug-likeness (QED) is 0.832. The van der Waals surface area contributed by atoms with Crippen molar-refractivity contribution in [2.45, 2.75) is 19.1 Å². The third-order valence-corrected chi connectivity index (χ3v) is 3.35. The Balaban J connectivity index is 2.23. The molecule has 1 aromatic heterocycles. The van der Waals surface area contributed by atoms with Gasteiger partial charge in [0.15, 0.2) is 0 Å². The number of alkyl halides is 3. The topological polar surface area (TPSA) is 38.1 Å². The molecule has 0 bridgehead atoms. The second-order valence-electron chi connectivity index (χ2n) is 3.55. The lowest BCUT2D eigenvalue weighted by Gasteiger charge is -2.19. The highest BCUT2D eigenvalue weighted by Crippen LogP contribution is 2.34. The fraction of sp³-hybridized carbons (Fsp3) is 0.667. The Labute approximate surface area is 94.8 Å². The van der Waals surface area contributed by atoms with Crippen LogP contribution in [0.15, 0.2) is 4.42 Å². The van der Waals surface area contributed by atoms with Crippen molar-refractivity contribution in [3.05, 3.63) is 17.3 Å². The average molecular weight is 252 g/mol. The lowest BCUT2D eigenvalue weighted by Crippen LogP contribution is -2.30. The van der Waals surface area contributed by atoms with Gasteiger partial charge in [-0.15, -0.1) is 0 Å². The molecule has 1 aliphatic heterocycles. The van der Waals surface area contributed by atoms with E-state index in [-0.39, 0.29) is 17.6 Å².